The van der Waals surface area contributed by atoms with Gasteiger partial charge in [0.1, 0.15) is 16.4 Å². The van der Waals surface area contributed by atoms with Crippen LogP contribution in [0, 0.1) is 0 Å². The first-order valence-corrected chi connectivity index (χ1v) is 10.5. The van der Waals surface area contributed by atoms with E-state index in [4.69, 9.17) is 9.47 Å². The lowest BCUT2D eigenvalue weighted by atomic mass is 10.2. The van der Waals surface area contributed by atoms with Crippen LogP contribution in [0.5, 0.6) is 11.5 Å². The van der Waals surface area contributed by atoms with Crippen LogP contribution < -0.4 is 19.7 Å². The molecule has 1 aliphatic heterocycles. The number of methoxy groups -OCH3 is 2. The number of amides is 2. The number of benzene rings is 2. The summed E-state index contributed by atoms with van der Waals surface area (Å²) in [6.07, 6.45) is 1.33. The lowest BCUT2D eigenvalue weighted by molar-refractivity contribution is -0.117. The average Bonchev–Trinajstić information content (AvgIpc) is 3.40. The van der Waals surface area contributed by atoms with Gasteiger partial charge in [-0.25, -0.2) is 0 Å². The van der Waals surface area contributed by atoms with E-state index in [0.717, 1.165) is 16.9 Å². The molecule has 2 amide bonds. The molecule has 1 aliphatic rings. The number of hydrogen-bond acceptors (Lipinski definition) is 5. The van der Waals surface area contributed by atoms with Crippen LogP contribution in [0.3, 0.4) is 0 Å². The van der Waals surface area contributed by atoms with Gasteiger partial charge in [0.05, 0.1) is 19.9 Å². The number of carbonyl (C=O) groups is 2. The van der Waals surface area contributed by atoms with Gasteiger partial charge in [0, 0.05) is 23.5 Å². The lowest BCUT2D eigenvalue weighted by Gasteiger charge is -2.20. The van der Waals surface area contributed by atoms with Gasteiger partial charge in [-0.05, 0) is 36.2 Å². The number of rotatable bonds is 6. The van der Waals surface area contributed by atoms with Gasteiger partial charge in [0.2, 0.25) is 5.91 Å². The molecule has 0 aliphatic carbocycles. The summed E-state index contributed by atoms with van der Waals surface area (Å²) in [4.78, 5) is 28.3. The van der Waals surface area contributed by atoms with Crippen molar-refractivity contribution in [3.05, 3.63) is 59.5 Å². The Kier molecular flexibility index (Phi) is 5.72. The van der Waals surface area contributed by atoms with Crippen molar-refractivity contribution in [2.75, 3.05) is 31.0 Å². The molecule has 1 saturated heterocycles. The summed E-state index contributed by atoms with van der Waals surface area (Å²) in [6.45, 7) is 0.645. The summed E-state index contributed by atoms with van der Waals surface area (Å²) in [5.41, 5.74) is 2.28. The van der Waals surface area contributed by atoms with Crippen LogP contribution in [0.15, 0.2) is 54.6 Å². The molecule has 2 aromatic carbocycles. The first kappa shape index (κ1) is 20.0. The molecule has 0 bridgehead atoms. The highest BCUT2D eigenvalue weighted by atomic mass is 32.1. The molecule has 1 fully saturated rings. The zero-order valence-electron chi connectivity index (χ0n) is 16.8. The maximum Gasteiger partial charge on any atom is 0.269 e. The number of anilines is 2. The van der Waals surface area contributed by atoms with Gasteiger partial charge in [-0.15, -0.1) is 11.3 Å². The van der Waals surface area contributed by atoms with Gasteiger partial charge in [-0.3, -0.25) is 9.59 Å². The van der Waals surface area contributed by atoms with Gasteiger partial charge in [0.15, 0.2) is 0 Å². The van der Waals surface area contributed by atoms with Crippen LogP contribution in [-0.2, 0) is 4.79 Å². The molecular weight excluding hydrogens is 400 g/mol. The van der Waals surface area contributed by atoms with Crippen molar-refractivity contribution >= 4 is 34.5 Å². The van der Waals surface area contributed by atoms with E-state index in [0.29, 0.717) is 40.7 Å². The minimum atomic E-state index is -0.261. The molecule has 0 atom stereocenters. The molecule has 7 heteroatoms. The summed E-state index contributed by atoms with van der Waals surface area (Å²) >= 11 is 1.38. The fourth-order valence-corrected chi connectivity index (χ4v) is 4.52. The van der Waals surface area contributed by atoms with Crippen LogP contribution >= 0.6 is 11.3 Å². The second kappa shape index (κ2) is 8.59. The quantitative estimate of drug-likeness (QED) is 0.619. The number of nitrogens with zero attached hydrogens (tertiary/aromatic N) is 1. The summed E-state index contributed by atoms with van der Waals surface area (Å²) in [5, 5.41) is 2.93. The van der Waals surface area contributed by atoms with E-state index in [2.05, 4.69) is 5.32 Å². The van der Waals surface area contributed by atoms with Gasteiger partial charge in [-0.2, -0.15) is 0 Å². The molecule has 3 aromatic rings. The zero-order chi connectivity index (χ0) is 21.1. The van der Waals surface area contributed by atoms with E-state index in [1.807, 2.05) is 36.4 Å². The second-order valence-electron chi connectivity index (χ2n) is 6.86. The van der Waals surface area contributed by atoms with E-state index in [1.165, 1.54) is 11.3 Å². The fourth-order valence-electron chi connectivity index (χ4n) is 3.50. The number of hydrogen-bond donors (Lipinski definition) is 1. The van der Waals surface area contributed by atoms with Gasteiger partial charge >= 0.3 is 0 Å². The second-order valence-corrected chi connectivity index (χ2v) is 7.92. The first-order valence-electron chi connectivity index (χ1n) is 9.63. The fraction of sp³-hybridized carbons (Fsp3) is 0.217. The van der Waals surface area contributed by atoms with Crippen LogP contribution in [-0.4, -0.2) is 32.6 Å². The van der Waals surface area contributed by atoms with Crippen molar-refractivity contribution < 1.29 is 19.1 Å². The third-order valence-corrected chi connectivity index (χ3v) is 6.15. The van der Waals surface area contributed by atoms with Crippen molar-refractivity contribution in [2.45, 2.75) is 12.8 Å². The largest absolute Gasteiger partial charge is 0.495 e. The van der Waals surface area contributed by atoms with E-state index < -0.39 is 0 Å². The molecule has 0 radical (unpaired) electrons. The maximum absolute atomic E-state index is 13.0. The smallest absolute Gasteiger partial charge is 0.269 e. The van der Waals surface area contributed by atoms with Gasteiger partial charge in [-0.1, -0.05) is 30.3 Å². The Bertz CT molecular complexity index is 1080. The van der Waals surface area contributed by atoms with Crippen LogP contribution in [0.2, 0.25) is 0 Å². The third-order valence-electron chi connectivity index (χ3n) is 4.98. The predicted octanol–water partition coefficient (Wildman–Crippen LogP) is 4.81. The monoisotopic (exact) mass is 422 g/mol. The molecule has 2 heterocycles. The molecule has 0 saturated carbocycles. The lowest BCUT2D eigenvalue weighted by Crippen LogP contribution is -2.24. The Morgan fingerprint density at radius 2 is 1.80 bits per heavy atom. The van der Waals surface area contributed by atoms with Crippen molar-refractivity contribution in [3.63, 3.8) is 0 Å². The Hall–Kier alpha value is -3.32. The highest BCUT2D eigenvalue weighted by molar-refractivity contribution is 7.17. The summed E-state index contributed by atoms with van der Waals surface area (Å²) in [5.74, 6) is 0.926. The number of carbonyl (C=O) groups excluding carboxylic acids is 2. The minimum absolute atomic E-state index is 0.0594. The topological polar surface area (TPSA) is 67.9 Å². The van der Waals surface area contributed by atoms with Gasteiger partial charge in [0.25, 0.3) is 5.91 Å². The standard InChI is InChI=1S/C23H22N2O4S/c1-28-18-11-10-16(13-17(18)25-12-6-9-21(25)26)24-23(27)22-19(29-2)14-20(30-22)15-7-4-3-5-8-15/h3-5,7-8,10-11,13-14H,6,9,12H2,1-2H3,(H,24,27). The number of ether oxygens (including phenoxy) is 2. The molecule has 4 rings (SSSR count). The van der Waals surface area contributed by atoms with Crippen LogP contribution in [0.25, 0.3) is 10.4 Å². The Balaban J connectivity index is 1.61. The number of nitrogens with one attached hydrogen (secondary N) is 1. The normalized spacial score (nSPS) is 13.4. The van der Waals surface area contributed by atoms with Gasteiger partial charge < -0.3 is 19.7 Å². The van der Waals surface area contributed by atoms with Crippen molar-refractivity contribution in [1.29, 1.82) is 0 Å². The van der Waals surface area contributed by atoms with Crippen molar-refractivity contribution in [3.8, 4) is 21.9 Å². The number of thiophene rings is 1. The van der Waals surface area contributed by atoms with Crippen LogP contribution in [0.4, 0.5) is 11.4 Å². The molecule has 154 valence electrons. The highest BCUT2D eigenvalue weighted by Crippen LogP contribution is 2.38. The zero-order valence-corrected chi connectivity index (χ0v) is 17.6. The average molecular weight is 423 g/mol. The third kappa shape index (κ3) is 3.89. The highest BCUT2D eigenvalue weighted by Gasteiger charge is 2.25. The predicted molar refractivity (Wildman–Crippen MR) is 119 cm³/mol. The molecule has 30 heavy (non-hydrogen) atoms. The van der Waals surface area contributed by atoms with Crippen LogP contribution in [0.1, 0.15) is 22.5 Å². The summed E-state index contributed by atoms with van der Waals surface area (Å²) in [7, 11) is 3.12. The summed E-state index contributed by atoms with van der Waals surface area (Å²) in [6, 6.07) is 17.0. The molecule has 1 aromatic heterocycles. The van der Waals surface area contributed by atoms with Crippen molar-refractivity contribution in [1.82, 2.24) is 0 Å². The Morgan fingerprint density at radius 1 is 1.03 bits per heavy atom. The van der Waals surface area contributed by atoms with E-state index in [1.54, 1.807) is 37.3 Å². The minimum Gasteiger partial charge on any atom is -0.495 e. The van der Waals surface area contributed by atoms with E-state index in [-0.39, 0.29) is 11.8 Å². The Labute approximate surface area is 179 Å². The maximum atomic E-state index is 13.0. The van der Waals surface area contributed by atoms with E-state index >= 15 is 0 Å². The molecule has 1 N–H and O–H groups in total. The molecule has 6 nitrogen and oxygen atoms in total. The molecule has 0 spiro atoms. The first-order chi connectivity index (χ1) is 14.6. The molecular formula is C23H22N2O4S. The van der Waals surface area contributed by atoms with E-state index in [9.17, 15) is 9.59 Å². The Morgan fingerprint density at radius 3 is 2.47 bits per heavy atom. The summed E-state index contributed by atoms with van der Waals surface area (Å²) < 4.78 is 10.9. The van der Waals surface area contributed by atoms with Crippen molar-refractivity contribution in [2.24, 2.45) is 0 Å². The SMILES string of the molecule is COc1ccc(NC(=O)c2sc(-c3ccccc3)cc2OC)cc1N1CCCC1=O. The molecule has 0 unspecified atom stereocenters.